The van der Waals surface area contributed by atoms with E-state index >= 15 is 4.39 Å². The molecule has 140 valence electrons. The van der Waals surface area contributed by atoms with Gasteiger partial charge in [0.1, 0.15) is 30.1 Å². The number of nitrogens with two attached hydrogens (primary N) is 1. The highest BCUT2D eigenvalue weighted by Gasteiger charge is 2.67. The number of nitrogens with zero attached hydrogens (tertiary/aromatic N) is 4. The Kier molecular flexibility index (Phi) is 4.27. The number of ether oxygens (including phenoxy) is 1. The first kappa shape index (κ1) is 18.7. The number of hydrogen-bond donors (Lipinski definition) is 4. The van der Waals surface area contributed by atoms with Crippen LogP contribution in [0.3, 0.4) is 0 Å². The van der Waals surface area contributed by atoms with Gasteiger partial charge in [0.15, 0.2) is 11.5 Å². The number of aliphatic hydroxyl groups is 1. The molecule has 1 fully saturated rings. The van der Waals surface area contributed by atoms with Gasteiger partial charge in [0.05, 0.1) is 12.3 Å². The molecule has 26 heavy (non-hydrogen) atoms. The van der Waals surface area contributed by atoms with Crippen molar-refractivity contribution < 1.29 is 33.1 Å². The first-order chi connectivity index (χ1) is 12.0. The summed E-state index contributed by atoms with van der Waals surface area (Å²) >= 11 is 0. The van der Waals surface area contributed by atoms with Gasteiger partial charge in [0.2, 0.25) is 5.60 Å². The molecule has 1 aliphatic heterocycles. The van der Waals surface area contributed by atoms with E-state index in [2.05, 4.69) is 14.6 Å². The molecule has 3 heterocycles. The van der Waals surface area contributed by atoms with E-state index in [-0.39, 0.29) is 11.5 Å². The fourth-order valence-electron chi connectivity index (χ4n) is 2.98. The number of alkyl halides is 1. The Hall–Kier alpha value is -2.13. The largest absolute Gasteiger partial charge is 0.469 e. The predicted octanol–water partition coefficient (Wildman–Crippen LogP) is -0.372. The molecule has 3 rings (SSSR count). The minimum Gasteiger partial charge on any atom is -0.387 e. The summed E-state index contributed by atoms with van der Waals surface area (Å²) in [7, 11) is -4.88. The van der Waals surface area contributed by atoms with Crippen molar-refractivity contribution in [1.29, 1.82) is 5.26 Å². The molecule has 4 atom stereocenters. The summed E-state index contributed by atoms with van der Waals surface area (Å²) < 4.78 is 37.2. The smallest absolute Gasteiger partial charge is 0.387 e. The van der Waals surface area contributed by atoms with Crippen LogP contribution in [0.25, 0.3) is 5.52 Å². The van der Waals surface area contributed by atoms with Crippen LogP contribution >= 0.6 is 7.82 Å². The molecule has 0 bridgehead atoms. The Morgan fingerprint density at radius 3 is 2.88 bits per heavy atom. The zero-order chi connectivity index (χ0) is 19.3. The number of aromatic nitrogens is 3. The molecular formula is C13H15FN5O6P. The van der Waals surface area contributed by atoms with E-state index in [0.717, 1.165) is 17.8 Å². The zero-order valence-corrected chi connectivity index (χ0v) is 14.2. The number of halogens is 1. The van der Waals surface area contributed by atoms with E-state index < -0.39 is 37.9 Å². The molecule has 2 aromatic rings. The molecule has 0 saturated carbocycles. The molecule has 13 heteroatoms. The molecule has 5 N–H and O–H groups in total. The summed E-state index contributed by atoms with van der Waals surface area (Å²) in [5, 5.41) is 23.9. The maximum Gasteiger partial charge on any atom is 0.469 e. The number of nitriles is 1. The molecule has 0 spiro atoms. The summed E-state index contributed by atoms with van der Waals surface area (Å²) in [4.78, 5) is 21.4. The van der Waals surface area contributed by atoms with Crippen LogP contribution in [0, 0.1) is 11.3 Å². The lowest BCUT2D eigenvalue weighted by Gasteiger charge is -2.30. The van der Waals surface area contributed by atoms with Crippen LogP contribution < -0.4 is 5.73 Å². The number of fused-ring (bicyclic) bond motifs is 1. The first-order valence-electron chi connectivity index (χ1n) is 7.28. The van der Waals surface area contributed by atoms with E-state index in [1.165, 1.54) is 12.1 Å². The number of anilines is 1. The number of phosphoric acid groups is 1. The molecule has 0 unspecified atom stereocenters. The normalized spacial score (nSPS) is 32.0. The molecule has 0 aromatic carbocycles. The highest BCUT2D eigenvalue weighted by Crippen LogP contribution is 2.50. The van der Waals surface area contributed by atoms with E-state index in [4.69, 9.17) is 20.3 Å². The van der Waals surface area contributed by atoms with Crippen LogP contribution in [0.2, 0.25) is 0 Å². The monoisotopic (exact) mass is 387 g/mol. The quantitative estimate of drug-likeness (QED) is 0.506. The molecule has 1 saturated heterocycles. The van der Waals surface area contributed by atoms with Gasteiger partial charge >= 0.3 is 7.82 Å². The van der Waals surface area contributed by atoms with Crippen molar-refractivity contribution >= 4 is 19.2 Å². The van der Waals surface area contributed by atoms with Gasteiger partial charge in [-0.25, -0.2) is 18.5 Å². The predicted molar refractivity (Wildman–Crippen MR) is 83.1 cm³/mol. The maximum absolute atomic E-state index is 15.5. The fourth-order valence-corrected chi connectivity index (χ4v) is 3.32. The van der Waals surface area contributed by atoms with Gasteiger partial charge in [0, 0.05) is 0 Å². The minimum atomic E-state index is -4.88. The van der Waals surface area contributed by atoms with Crippen molar-refractivity contribution in [3.8, 4) is 6.07 Å². The summed E-state index contributed by atoms with van der Waals surface area (Å²) in [6.07, 6.45) is -2.31. The Morgan fingerprint density at radius 2 is 2.27 bits per heavy atom. The Balaban J connectivity index is 2.09. The highest BCUT2D eigenvalue weighted by atomic mass is 31.2. The maximum atomic E-state index is 15.5. The van der Waals surface area contributed by atoms with Crippen LogP contribution in [0.1, 0.15) is 12.6 Å². The van der Waals surface area contributed by atoms with Crippen LogP contribution in [-0.2, 0) is 19.4 Å². The molecule has 11 nitrogen and oxygen atoms in total. The van der Waals surface area contributed by atoms with Gasteiger partial charge in [-0.1, -0.05) is 0 Å². The molecule has 0 radical (unpaired) electrons. The second-order valence-electron chi connectivity index (χ2n) is 5.92. The fraction of sp³-hybridized carbons (Fsp3) is 0.462. The van der Waals surface area contributed by atoms with Crippen LogP contribution in [0.5, 0.6) is 0 Å². The second kappa shape index (κ2) is 5.95. The number of hydrogen-bond acceptors (Lipinski definition) is 8. The van der Waals surface area contributed by atoms with Crippen molar-refractivity contribution in [3.63, 3.8) is 0 Å². The number of rotatable bonds is 4. The first-order valence-corrected chi connectivity index (χ1v) is 8.81. The van der Waals surface area contributed by atoms with E-state index in [1.54, 1.807) is 6.07 Å². The van der Waals surface area contributed by atoms with E-state index in [0.29, 0.717) is 5.52 Å². The molecular weight excluding hydrogens is 372 g/mol. The summed E-state index contributed by atoms with van der Waals surface area (Å²) in [5.41, 5.74) is 0.970. The lowest BCUT2D eigenvalue weighted by Crippen LogP contribution is -2.48. The number of nitrogen functional groups attached to an aromatic ring is 1. The molecule has 0 amide bonds. The third-order valence-corrected chi connectivity index (χ3v) is 4.82. The second-order valence-corrected chi connectivity index (χ2v) is 7.16. The minimum absolute atomic E-state index is 0.0631. The topological polar surface area (TPSA) is 176 Å². The van der Waals surface area contributed by atoms with Gasteiger partial charge < -0.3 is 25.4 Å². The lowest BCUT2D eigenvalue weighted by atomic mass is 9.82. The highest BCUT2D eigenvalue weighted by molar-refractivity contribution is 7.46. The molecule has 2 aromatic heterocycles. The SMILES string of the molecule is C[C@@]1(F)[C@H](O)[C@@H](COP(=O)(O)O)O[C@@]1(C#N)c1ccc2c(N)ncnn12. The van der Waals surface area contributed by atoms with Crippen molar-refractivity contribution in [3.05, 3.63) is 24.2 Å². The van der Waals surface area contributed by atoms with Crippen LogP contribution in [0.15, 0.2) is 18.5 Å². The summed E-state index contributed by atoms with van der Waals surface area (Å²) in [6, 6.07) is 4.51. The van der Waals surface area contributed by atoms with Crippen molar-refractivity contribution in [2.45, 2.75) is 30.4 Å². The summed E-state index contributed by atoms with van der Waals surface area (Å²) in [6.45, 7) is 0.122. The van der Waals surface area contributed by atoms with E-state index in [9.17, 15) is 14.9 Å². The third-order valence-electron chi connectivity index (χ3n) is 4.33. The van der Waals surface area contributed by atoms with E-state index in [1.807, 2.05) is 0 Å². The lowest BCUT2D eigenvalue weighted by molar-refractivity contribution is -0.0712. The van der Waals surface area contributed by atoms with Crippen molar-refractivity contribution in [1.82, 2.24) is 14.6 Å². The Bertz CT molecular complexity index is 939. The molecule has 0 aliphatic carbocycles. The van der Waals surface area contributed by atoms with Gasteiger partial charge in [-0.3, -0.25) is 4.52 Å². The van der Waals surface area contributed by atoms with Gasteiger partial charge in [-0.2, -0.15) is 10.4 Å². The van der Waals surface area contributed by atoms with Crippen molar-refractivity contribution in [2.75, 3.05) is 12.3 Å². The average Bonchev–Trinajstić information content (AvgIpc) is 3.06. The van der Waals surface area contributed by atoms with Crippen molar-refractivity contribution in [2.24, 2.45) is 0 Å². The number of phosphoric ester groups is 1. The third kappa shape index (κ3) is 2.66. The number of aliphatic hydroxyl groups excluding tert-OH is 1. The van der Waals surface area contributed by atoms with Gasteiger partial charge in [0.25, 0.3) is 0 Å². The Labute approximate surface area is 146 Å². The standard InChI is InChI=1S/C13H15FN5O6P/c1-12(14)10(20)8(4-24-26(21,22)23)25-13(12,5-15)9-3-2-7-11(16)17-6-18-19(7)9/h2-3,6,8,10,20H,4H2,1H3,(H2,16,17,18)(H2,21,22,23)/t8-,10-,12-,13+/m1/s1. The Morgan fingerprint density at radius 1 is 1.58 bits per heavy atom. The average molecular weight is 387 g/mol. The molecule has 1 aliphatic rings. The van der Waals surface area contributed by atoms with Crippen LogP contribution in [0.4, 0.5) is 10.2 Å². The zero-order valence-electron chi connectivity index (χ0n) is 13.4. The van der Waals surface area contributed by atoms with Gasteiger partial charge in [-0.05, 0) is 19.1 Å². The summed E-state index contributed by atoms with van der Waals surface area (Å²) in [5.74, 6) is 0.0832. The van der Waals surface area contributed by atoms with Gasteiger partial charge in [-0.15, -0.1) is 0 Å². The van der Waals surface area contributed by atoms with Crippen LogP contribution in [-0.4, -0.2) is 54.0 Å².